The molecular formula is C15H22N2O4. The van der Waals surface area contributed by atoms with Gasteiger partial charge in [0.2, 0.25) is 0 Å². The number of likely N-dealkylation sites (N-methyl/N-ethyl adjacent to an activating group) is 1. The molecule has 116 valence electrons. The van der Waals surface area contributed by atoms with Gasteiger partial charge in [0, 0.05) is 12.2 Å². The van der Waals surface area contributed by atoms with Crippen LogP contribution < -0.4 is 10.6 Å². The van der Waals surface area contributed by atoms with Crippen LogP contribution in [0.25, 0.3) is 0 Å². The van der Waals surface area contributed by atoms with Crippen LogP contribution >= 0.6 is 0 Å². The fraction of sp³-hybridized carbons (Fsp3) is 0.467. The predicted octanol–water partition coefficient (Wildman–Crippen LogP) is 2.15. The third-order valence-electron chi connectivity index (χ3n) is 2.64. The summed E-state index contributed by atoms with van der Waals surface area (Å²) in [6.45, 7) is 4.72. The van der Waals surface area contributed by atoms with Gasteiger partial charge in [0.05, 0.1) is 5.92 Å². The first-order chi connectivity index (χ1) is 10.0. The largest absolute Gasteiger partial charge is 0.461 e. The topological polar surface area (TPSA) is 76.7 Å². The molecule has 0 aliphatic heterocycles. The van der Waals surface area contributed by atoms with Crippen molar-refractivity contribution in [2.75, 3.05) is 25.5 Å². The van der Waals surface area contributed by atoms with Gasteiger partial charge in [-0.1, -0.05) is 26.0 Å². The quantitative estimate of drug-likeness (QED) is 0.595. The minimum Gasteiger partial charge on any atom is -0.461 e. The highest BCUT2D eigenvalue weighted by molar-refractivity contribution is 5.84. The Morgan fingerprint density at radius 3 is 2.38 bits per heavy atom. The molecule has 0 fully saturated rings. The minimum absolute atomic E-state index is 0.140. The van der Waals surface area contributed by atoms with Gasteiger partial charge in [-0.15, -0.1) is 0 Å². The first-order valence-corrected chi connectivity index (χ1v) is 6.87. The van der Waals surface area contributed by atoms with Crippen LogP contribution in [0.1, 0.15) is 19.4 Å². The molecule has 6 nitrogen and oxygen atoms in total. The number of hydrogen-bond acceptors (Lipinski definition) is 5. The number of carbonyl (C=O) groups excluding carboxylic acids is 2. The molecule has 1 rings (SSSR count). The van der Waals surface area contributed by atoms with Crippen LogP contribution in [0.5, 0.6) is 0 Å². The molecule has 0 aromatic heterocycles. The molecule has 0 unspecified atom stereocenters. The zero-order valence-electron chi connectivity index (χ0n) is 12.6. The minimum atomic E-state index is -0.496. The van der Waals surface area contributed by atoms with E-state index in [2.05, 4.69) is 10.6 Å². The van der Waals surface area contributed by atoms with Crippen molar-refractivity contribution in [2.24, 2.45) is 5.92 Å². The number of anilines is 1. The van der Waals surface area contributed by atoms with Gasteiger partial charge < -0.3 is 14.8 Å². The summed E-state index contributed by atoms with van der Waals surface area (Å²) in [5, 5.41) is 5.49. The van der Waals surface area contributed by atoms with Crippen molar-refractivity contribution in [1.29, 1.82) is 0 Å². The fourth-order valence-corrected chi connectivity index (χ4v) is 1.41. The van der Waals surface area contributed by atoms with E-state index < -0.39 is 6.09 Å². The molecule has 0 radical (unpaired) electrons. The van der Waals surface area contributed by atoms with Gasteiger partial charge in [0.1, 0.15) is 13.2 Å². The summed E-state index contributed by atoms with van der Waals surface area (Å²) in [5.41, 5.74) is 1.49. The van der Waals surface area contributed by atoms with Crippen LogP contribution in [0, 0.1) is 5.92 Å². The Kier molecular flexibility index (Phi) is 7.25. The smallest absolute Gasteiger partial charge is 0.411 e. The summed E-state index contributed by atoms with van der Waals surface area (Å²) in [6, 6.07) is 7.05. The van der Waals surface area contributed by atoms with Gasteiger partial charge in [-0.25, -0.2) is 4.79 Å². The number of nitrogens with one attached hydrogen (secondary N) is 2. The van der Waals surface area contributed by atoms with Gasteiger partial charge in [-0.3, -0.25) is 10.1 Å². The van der Waals surface area contributed by atoms with E-state index in [0.29, 0.717) is 18.8 Å². The van der Waals surface area contributed by atoms with Crippen molar-refractivity contribution in [3.8, 4) is 0 Å². The van der Waals surface area contributed by atoms with E-state index >= 15 is 0 Å². The molecule has 0 saturated heterocycles. The summed E-state index contributed by atoms with van der Waals surface area (Å²) in [7, 11) is 1.78. The summed E-state index contributed by atoms with van der Waals surface area (Å²) >= 11 is 0. The summed E-state index contributed by atoms with van der Waals surface area (Å²) in [5.74, 6) is -0.372. The number of amides is 1. The molecule has 1 amide bonds. The summed E-state index contributed by atoms with van der Waals surface area (Å²) in [4.78, 5) is 22.8. The second kappa shape index (κ2) is 8.97. The lowest BCUT2D eigenvalue weighted by Gasteiger charge is -2.09. The Labute approximate surface area is 124 Å². The van der Waals surface area contributed by atoms with E-state index in [1.165, 1.54) is 0 Å². The van der Waals surface area contributed by atoms with Crippen LogP contribution in [-0.2, 0) is 20.9 Å². The molecule has 1 aromatic carbocycles. The molecule has 0 heterocycles. The third-order valence-corrected chi connectivity index (χ3v) is 2.64. The highest BCUT2D eigenvalue weighted by Gasteiger charge is 2.08. The standard InChI is InChI=1S/C15H22N2O4/c1-11(2)14(18)21-10-12-4-6-13(7-5-12)17-15(19)20-9-8-16-3/h4-7,11,16H,8-10H2,1-3H3,(H,17,19). The maximum atomic E-state index is 11.4. The van der Waals surface area contributed by atoms with Crippen LogP contribution in [0.4, 0.5) is 10.5 Å². The maximum absolute atomic E-state index is 11.4. The lowest BCUT2D eigenvalue weighted by atomic mass is 10.2. The fourth-order valence-electron chi connectivity index (χ4n) is 1.41. The SMILES string of the molecule is CNCCOC(=O)Nc1ccc(COC(=O)C(C)C)cc1. The Hall–Kier alpha value is -2.08. The number of carbonyl (C=O) groups is 2. The number of benzene rings is 1. The normalized spacial score (nSPS) is 10.3. The van der Waals surface area contributed by atoms with Gasteiger partial charge in [0.15, 0.2) is 0 Å². The molecule has 0 saturated carbocycles. The van der Waals surface area contributed by atoms with E-state index in [9.17, 15) is 9.59 Å². The highest BCUT2D eigenvalue weighted by atomic mass is 16.5. The molecule has 1 aromatic rings. The molecule has 0 aliphatic carbocycles. The van der Waals surface area contributed by atoms with Crippen LogP contribution in [-0.4, -0.2) is 32.3 Å². The van der Waals surface area contributed by atoms with Crippen LogP contribution in [0.2, 0.25) is 0 Å². The molecule has 0 spiro atoms. The lowest BCUT2D eigenvalue weighted by molar-refractivity contribution is -0.148. The van der Waals surface area contributed by atoms with Gasteiger partial charge in [-0.05, 0) is 24.7 Å². The number of ether oxygens (including phenoxy) is 2. The zero-order chi connectivity index (χ0) is 15.7. The Morgan fingerprint density at radius 2 is 1.81 bits per heavy atom. The molecule has 0 bridgehead atoms. The average Bonchev–Trinajstić information content (AvgIpc) is 2.46. The number of hydrogen-bond donors (Lipinski definition) is 2. The van der Waals surface area contributed by atoms with Crippen molar-refractivity contribution >= 4 is 17.7 Å². The van der Waals surface area contributed by atoms with Crippen molar-refractivity contribution < 1.29 is 19.1 Å². The average molecular weight is 294 g/mol. The second-order valence-corrected chi connectivity index (χ2v) is 4.82. The molecule has 0 aliphatic rings. The van der Waals surface area contributed by atoms with E-state index in [0.717, 1.165) is 5.56 Å². The lowest BCUT2D eigenvalue weighted by Crippen LogP contribution is -2.20. The monoisotopic (exact) mass is 294 g/mol. The van der Waals surface area contributed by atoms with E-state index in [-0.39, 0.29) is 18.5 Å². The number of esters is 1. The molecule has 6 heteroatoms. The van der Waals surface area contributed by atoms with Crippen LogP contribution in [0.3, 0.4) is 0 Å². The van der Waals surface area contributed by atoms with E-state index in [4.69, 9.17) is 9.47 Å². The van der Waals surface area contributed by atoms with E-state index in [1.54, 1.807) is 45.2 Å². The maximum Gasteiger partial charge on any atom is 0.411 e. The number of rotatable bonds is 7. The predicted molar refractivity (Wildman–Crippen MR) is 80.0 cm³/mol. The Morgan fingerprint density at radius 1 is 1.14 bits per heavy atom. The van der Waals surface area contributed by atoms with Crippen molar-refractivity contribution in [1.82, 2.24) is 5.32 Å². The van der Waals surface area contributed by atoms with Crippen molar-refractivity contribution in [3.63, 3.8) is 0 Å². The first-order valence-electron chi connectivity index (χ1n) is 6.87. The first kappa shape index (κ1) is 17.0. The van der Waals surface area contributed by atoms with Crippen LogP contribution in [0.15, 0.2) is 24.3 Å². The van der Waals surface area contributed by atoms with Gasteiger partial charge in [0.25, 0.3) is 0 Å². The van der Waals surface area contributed by atoms with Gasteiger partial charge >= 0.3 is 12.1 Å². The molecule has 2 N–H and O–H groups in total. The second-order valence-electron chi connectivity index (χ2n) is 4.82. The molecule has 21 heavy (non-hydrogen) atoms. The third kappa shape index (κ3) is 6.76. The van der Waals surface area contributed by atoms with E-state index in [1.807, 2.05) is 0 Å². The van der Waals surface area contributed by atoms with Crippen molar-refractivity contribution in [2.45, 2.75) is 20.5 Å². The highest BCUT2D eigenvalue weighted by Crippen LogP contribution is 2.11. The molecular weight excluding hydrogens is 272 g/mol. The Bertz CT molecular complexity index is 457. The van der Waals surface area contributed by atoms with Crippen molar-refractivity contribution in [3.05, 3.63) is 29.8 Å². The zero-order valence-corrected chi connectivity index (χ0v) is 12.6. The van der Waals surface area contributed by atoms with Gasteiger partial charge in [-0.2, -0.15) is 0 Å². The Balaban J connectivity index is 2.39. The summed E-state index contributed by atoms with van der Waals surface area (Å²) in [6.07, 6.45) is -0.496. The molecule has 0 atom stereocenters. The summed E-state index contributed by atoms with van der Waals surface area (Å²) < 4.78 is 10.1.